The molecule has 1 aliphatic rings. The summed E-state index contributed by atoms with van der Waals surface area (Å²) >= 11 is 6.31. The number of anilines is 1. The first kappa shape index (κ1) is 25.4. The van der Waals surface area contributed by atoms with E-state index >= 15 is 0 Å². The van der Waals surface area contributed by atoms with Crippen LogP contribution in [0.15, 0.2) is 42.5 Å². The Balaban J connectivity index is 1.88. The molecule has 0 saturated heterocycles. The summed E-state index contributed by atoms with van der Waals surface area (Å²) in [4.78, 5) is 40.4. The molecule has 3 N–H and O–H groups in total. The van der Waals surface area contributed by atoms with E-state index in [2.05, 4.69) is 10.6 Å². The van der Waals surface area contributed by atoms with Crippen LogP contribution in [0.3, 0.4) is 0 Å². The maximum atomic E-state index is 13.6. The average molecular weight is 488 g/mol. The Kier molecular flexibility index (Phi) is 7.71. The zero-order valence-corrected chi connectivity index (χ0v) is 20.5. The summed E-state index contributed by atoms with van der Waals surface area (Å²) in [5.41, 5.74) is 1.07. The molecular formula is C25H30ClN3O5. The molecule has 0 heterocycles. The van der Waals surface area contributed by atoms with Crippen LogP contribution in [-0.4, -0.2) is 46.1 Å². The van der Waals surface area contributed by atoms with Gasteiger partial charge < -0.3 is 25.4 Å². The van der Waals surface area contributed by atoms with E-state index in [-0.39, 0.29) is 18.3 Å². The molecule has 3 amide bonds. The third-order valence-corrected chi connectivity index (χ3v) is 5.53. The second-order valence-corrected chi connectivity index (χ2v) is 9.71. The highest BCUT2D eigenvalue weighted by molar-refractivity contribution is 6.34. The number of benzene rings is 2. The van der Waals surface area contributed by atoms with Crippen molar-refractivity contribution < 1.29 is 24.2 Å². The molecule has 1 fully saturated rings. The fourth-order valence-electron chi connectivity index (χ4n) is 3.54. The van der Waals surface area contributed by atoms with Gasteiger partial charge in [-0.15, -0.1) is 0 Å². The highest BCUT2D eigenvalue weighted by Crippen LogP contribution is 2.36. The van der Waals surface area contributed by atoms with Gasteiger partial charge in [0.1, 0.15) is 23.9 Å². The number of ether oxygens (including phenoxy) is 1. The van der Waals surface area contributed by atoms with E-state index in [1.165, 1.54) is 17.0 Å². The van der Waals surface area contributed by atoms with Crippen molar-refractivity contribution >= 4 is 35.2 Å². The number of halogens is 1. The summed E-state index contributed by atoms with van der Waals surface area (Å²) in [6, 6.07) is 10.3. The van der Waals surface area contributed by atoms with Gasteiger partial charge in [-0.3, -0.25) is 9.59 Å². The molecule has 3 rings (SSSR count). The van der Waals surface area contributed by atoms with Crippen molar-refractivity contribution in [3.63, 3.8) is 0 Å². The zero-order valence-electron chi connectivity index (χ0n) is 19.7. The summed E-state index contributed by atoms with van der Waals surface area (Å²) in [7, 11) is 0. The Bertz CT molecular complexity index is 1040. The number of carbonyl (C=O) groups excluding carboxylic acids is 3. The van der Waals surface area contributed by atoms with Crippen LogP contribution in [0.1, 0.15) is 50.8 Å². The first-order chi connectivity index (χ1) is 16.0. The minimum absolute atomic E-state index is 0.0424. The molecule has 2 aromatic rings. The lowest BCUT2D eigenvalue weighted by Crippen LogP contribution is -2.47. The Morgan fingerprint density at radius 3 is 2.35 bits per heavy atom. The number of para-hydroxylation sites is 1. The third-order valence-electron chi connectivity index (χ3n) is 5.22. The van der Waals surface area contributed by atoms with Crippen LogP contribution in [0, 0.1) is 6.92 Å². The zero-order chi connectivity index (χ0) is 25.0. The SMILES string of the molecule is Cc1cccc(Cl)c1NC(=O)C(c1ccc(O)cc1)N(C(=O)CNC(=O)OC(C)(C)C)C1CC1. The lowest BCUT2D eigenvalue weighted by molar-refractivity contribution is -0.138. The summed E-state index contributed by atoms with van der Waals surface area (Å²) in [5.74, 6) is -0.822. The Hall–Kier alpha value is -3.26. The molecular weight excluding hydrogens is 458 g/mol. The van der Waals surface area contributed by atoms with E-state index in [9.17, 15) is 19.5 Å². The van der Waals surface area contributed by atoms with Crippen LogP contribution >= 0.6 is 11.6 Å². The van der Waals surface area contributed by atoms with Crippen LogP contribution in [0.5, 0.6) is 5.75 Å². The van der Waals surface area contributed by atoms with Crippen LogP contribution in [0.25, 0.3) is 0 Å². The van der Waals surface area contributed by atoms with Crippen molar-refractivity contribution in [3.05, 3.63) is 58.6 Å². The number of rotatable bonds is 7. The van der Waals surface area contributed by atoms with Gasteiger partial charge in [-0.25, -0.2) is 4.79 Å². The van der Waals surface area contributed by atoms with E-state index in [0.29, 0.717) is 16.3 Å². The highest BCUT2D eigenvalue weighted by atomic mass is 35.5. The first-order valence-corrected chi connectivity index (χ1v) is 11.5. The predicted octanol–water partition coefficient (Wildman–Crippen LogP) is 4.55. The molecule has 1 saturated carbocycles. The molecule has 0 aliphatic heterocycles. The maximum absolute atomic E-state index is 13.6. The largest absolute Gasteiger partial charge is 0.508 e. The summed E-state index contributed by atoms with van der Waals surface area (Å²) in [5, 5.41) is 15.5. The second-order valence-electron chi connectivity index (χ2n) is 9.30. The molecule has 9 heteroatoms. The molecule has 0 bridgehead atoms. The van der Waals surface area contributed by atoms with Crippen LogP contribution < -0.4 is 10.6 Å². The van der Waals surface area contributed by atoms with E-state index in [1.807, 2.05) is 13.0 Å². The number of alkyl carbamates (subject to hydrolysis) is 1. The minimum atomic E-state index is -0.989. The number of carbonyl (C=O) groups is 3. The van der Waals surface area contributed by atoms with E-state index in [1.54, 1.807) is 45.0 Å². The quantitative estimate of drug-likeness (QED) is 0.531. The lowest BCUT2D eigenvalue weighted by Gasteiger charge is -2.32. The number of phenols is 1. The Labute approximate surface area is 204 Å². The first-order valence-electron chi connectivity index (χ1n) is 11.1. The molecule has 0 aromatic heterocycles. The predicted molar refractivity (Wildman–Crippen MR) is 130 cm³/mol. The summed E-state index contributed by atoms with van der Waals surface area (Å²) < 4.78 is 5.21. The van der Waals surface area contributed by atoms with E-state index in [4.69, 9.17) is 16.3 Å². The van der Waals surface area contributed by atoms with Gasteiger partial charge in [0.25, 0.3) is 5.91 Å². The van der Waals surface area contributed by atoms with Gasteiger partial charge in [0.15, 0.2) is 0 Å². The van der Waals surface area contributed by atoms with Crippen molar-refractivity contribution in [1.29, 1.82) is 0 Å². The molecule has 34 heavy (non-hydrogen) atoms. The number of amides is 3. The fourth-order valence-corrected chi connectivity index (χ4v) is 3.81. The van der Waals surface area contributed by atoms with Crippen molar-refractivity contribution in [2.45, 2.75) is 58.2 Å². The van der Waals surface area contributed by atoms with Crippen molar-refractivity contribution in [2.75, 3.05) is 11.9 Å². The van der Waals surface area contributed by atoms with Gasteiger partial charge in [0, 0.05) is 6.04 Å². The van der Waals surface area contributed by atoms with Gasteiger partial charge in [-0.05, 0) is 69.9 Å². The summed E-state index contributed by atoms with van der Waals surface area (Å²) in [6.07, 6.45) is 0.769. The van der Waals surface area contributed by atoms with E-state index < -0.39 is 29.6 Å². The molecule has 1 atom stereocenters. The van der Waals surface area contributed by atoms with Gasteiger partial charge in [0.2, 0.25) is 5.91 Å². The third kappa shape index (κ3) is 6.63. The Morgan fingerprint density at radius 1 is 1.15 bits per heavy atom. The van der Waals surface area contributed by atoms with Crippen LogP contribution in [-0.2, 0) is 14.3 Å². The minimum Gasteiger partial charge on any atom is -0.508 e. The fraction of sp³-hybridized carbons (Fsp3) is 0.400. The van der Waals surface area contributed by atoms with Crippen LogP contribution in [0.2, 0.25) is 5.02 Å². The number of nitrogens with one attached hydrogen (secondary N) is 2. The lowest BCUT2D eigenvalue weighted by atomic mass is 10.0. The molecule has 0 radical (unpaired) electrons. The number of hydrogen-bond acceptors (Lipinski definition) is 5. The Morgan fingerprint density at radius 2 is 1.79 bits per heavy atom. The van der Waals surface area contributed by atoms with Gasteiger partial charge in [-0.2, -0.15) is 0 Å². The topological polar surface area (TPSA) is 108 Å². The van der Waals surface area contributed by atoms with E-state index in [0.717, 1.165) is 18.4 Å². The monoisotopic (exact) mass is 487 g/mol. The number of phenolic OH excluding ortho intramolecular Hbond substituents is 1. The van der Waals surface area contributed by atoms with Gasteiger partial charge in [-0.1, -0.05) is 35.9 Å². The van der Waals surface area contributed by atoms with Crippen molar-refractivity contribution in [3.8, 4) is 5.75 Å². The second kappa shape index (κ2) is 10.3. The number of nitrogens with zero attached hydrogens (tertiary/aromatic N) is 1. The van der Waals surface area contributed by atoms with Crippen LogP contribution in [0.4, 0.5) is 10.5 Å². The molecule has 8 nitrogen and oxygen atoms in total. The molecule has 0 spiro atoms. The van der Waals surface area contributed by atoms with Crippen molar-refractivity contribution in [1.82, 2.24) is 10.2 Å². The smallest absolute Gasteiger partial charge is 0.408 e. The number of aryl methyl sites for hydroxylation is 1. The standard InChI is InChI=1S/C25H30ClN3O5/c1-15-6-5-7-19(26)21(15)28-23(32)22(16-8-12-18(30)13-9-16)29(17-10-11-17)20(31)14-27-24(33)34-25(2,3)4/h5-9,12-13,17,22,30H,10-11,14H2,1-4H3,(H,27,33)(H,28,32). The van der Waals surface area contributed by atoms with Gasteiger partial charge in [0.05, 0.1) is 10.7 Å². The summed E-state index contributed by atoms with van der Waals surface area (Å²) in [6.45, 7) is 6.69. The van der Waals surface area contributed by atoms with Crippen molar-refractivity contribution in [2.24, 2.45) is 0 Å². The maximum Gasteiger partial charge on any atom is 0.408 e. The number of aromatic hydroxyl groups is 1. The molecule has 1 aliphatic carbocycles. The average Bonchev–Trinajstić information content (AvgIpc) is 3.57. The highest BCUT2D eigenvalue weighted by Gasteiger charge is 2.41. The molecule has 182 valence electrons. The molecule has 1 unspecified atom stereocenters. The normalized spacial score (nSPS) is 14.1. The molecule has 2 aromatic carbocycles. The van der Waals surface area contributed by atoms with Gasteiger partial charge >= 0.3 is 6.09 Å². The number of hydrogen-bond donors (Lipinski definition) is 3.